The van der Waals surface area contributed by atoms with Crippen molar-refractivity contribution in [1.82, 2.24) is 15.1 Å². The van der Waals surface area contributed by atoms with E-state index in [4.69, 9.17) is 8.94 Å². The molecule has 184 valence electrons. The monoisotopic (exact) mass is 596 g/mol. The Balaban J connectivity index is 1.32. The molecule has 36 heavy (non-hydrogen) atoms. The van der Waals surface area contributed by atoms with Crippen molar-refractivity contribution in [2.75, 3.05) is 16.4 Å². The van der Waals surface area contributed by atoms with Gasteiger partial charge in [0.15, 0.2) is 5.76 Å². The molecule has 3 aromatic heterocycles. The number of furan rings is 1. The molecule has 1 fully saturated rings. The average Bonchev–Trinajstić information content (AvgIpc) is 3.69. The number of nitrogens with one attached hydrogen (secondary N) is 1. The van der Waals surface area contributed by atoms with Crippen LogP contribution in [-0.4, -0.2) is 40.3 Å². The third-order valence-electron chi connectivity index (χ3n) is 6.30. The summed E-state index contributed by atoms with van der Waals surface area (Å²) in [5.41, 5.74) is 3.35. The molecule has 0 bridgehead atoms. The molecule has 0 amide bonds. The Morgan fingerprint density at radius 3 is 2.89 bits per heavy atom. The third-order valence-corrected chi connectivity index (χ3v) is 13.6. The third kappa shape index (κ3) is 4.49. The van der Waals surface area contributed by atoms with E-state index >= 15 is 0 Å². The van der Waals surface area contributed by atoms with Crippen LogP contribution in [0.5, 0.6) is 0 Å². The van der Waals surface area contributed by atoms with E-state index in [2.05, 4.69) is 44.7 Å². The molecular weight excluding hydrogens is 571 g/mol. The van der Waals surface area contributed by atoms with Gasteiger partial charge in [0.2, 0.25) is 0 Å². The summed E-state index contributed by atoms with van der Waals surface area (Å²) in [6, 6.07) is 19.7. The van der Waals surface area contributed by atoms with E-state index in [0.29, 0.717) is 15.4 Å². The van der Waals surface area contributed by atoms with Crippen molar-refractivity contribution in [3.63, 3.8) is 0 Å². The summed E-state index contributed by atoms with van der Waals surface area (Å²) in [4.78, 5) is 8.80. The maximum absolute atomic E-state index is 10.3. The maximum atomic E-state index is 10.3. The molecule has 1 aliphatic rings. The molecule has 5 aromatic rings. The van der Waals surface area contributed by atoms with Crippen LogP contribution in [-0.2, 0) is 0 Å². The quantitative estimate of drug-likeness (QED) is 0.129. The first kappa shape index (κ1) is 23.1. The zero-order valence-corrected chi connectivity index (χ0v) is 21.5. The summed E-state index contributed by atoms with van der Waals surface area (Å²) in [6.45, 7) is 0.290. The van der Waals surface area contributed by atoms with Gasteiger partial charge in [-0.2, -0.15) is 0 Å². The van der Waals surface area contributed by atoms with Crippen molar-refractivity contribution in [2.45, 2.75) is 23.0 Å². The Morgan fingerprint density at radius 2 is 2.03 bits per heavy atom. The van der Waals surface area contributed by atoms with E-state index in [1.807, 2.05) is 24.3 Å². The fourth-order valence-electron chi connectivity index (χ4n) is 4.51. The van der Waals surface area contributed by atoms with Crippen molar-refractivity contribution in [3.05, 3.63) is 82.5 Å². The first-order chi connectivity index (χ1) is 17.7. The molecule has 2 unspecified atom stereocenters. The summed E-state index contributed by atoms with van der Waals surface area (Å²) in [7, 11) is 0. The van der Waals surface area contributed by atoms with Gasteiger partial charge in [0.25, 0.3) is 0 Å². The molecule has 1 saturated heterocycles. The molecule has 9 heteroatoms. The van der Waals surface area contributed by atoms with Crippen LogP contribution >= 0.6 is 19.8 Å². The molecule has 0 aliphatic carbocycles. The fraction of sp³-hybridized carbons (Fsp3) is 0.222. The number of halogens is 1. The zero-order valence-electron chi connectivity index (χ0n) is 19.3. The number of nitrogens with zero attached hydrogens (tertiary/aromatic N) is 3. The van der Waals surface area contributed by atoms with Gasteiger partial charge in [0.1, 0.15) is 0 Å². The number of anilines is 1. The van der Waals surface area contributed by atoms with Crippen LogP contribution in [0.25, 0.3) is 33.5 Å². The summed E-state index contributed by atoms with van der Waals surface area (Å²) in [5.74, 6) is 1.40. The van der Waals surface area contributed by atoms with Gasteiger partial charge in [-0.05, 0) is 12.1 Å². The Bertz CT molecular complexity index is 1490. The second kappa shape index (κ2) is 10.00. The topological polar surface area (TPSA) is 117 Å². The summed E-state index contributed by atoms with van der Waals surface area (Å²) in [5, 5.41) is 28.2. The van der Waals surface area contributed by atoms with Gasteiger partial charge in [0.05, 0.1) is 6.26 Å². The summed E-state index contributed by atoms with van der Waals surface area (Å²) in [6.07, 6.45) is 4.44. The normalized spacial score (nSPS) is 17.5. The molecule has 2 aromatic carbocycles. The summed E-state index contributed by atoms with van der Waals surface area (Å²) < 4.78 is 14.1. The number of fused-ring (bicyclic) bond motifs is 1. The molecular formula is C27H25IN4O4. The summed E-state index contributed by atoms with van der Waals surface area (Å²) >= 11 is -1.41. The molecule has 6 rings (SSSR count). The first-order valence-electron chi connectivity index (χ1n) is 11.8. The van der Waals surface area contributed by atoms with Crippen LogP contribution in [0.1, 0.15) is 24.8 Å². The van der Waals surface area contributed by atoms with Gasteiger partial charge in [-0.3, -0.25) is 0 Å². The number of aromatic nitrogens is 3. The number of aliphatic hydroxyl groups excluding tert-OH is 2. The van der Waals surface area contributed by atoms with Crippen LogP contribution in [0.4, 0.5) is 5.95 Å². The van der Waals surface area contributed by atoms with Gasteiger partial charge in [-0.1, -0.05) is 0 Å². The van der Waals surface area contributed by atoms with Crippen molar-refractivity contribution >= 4 is 36.7 Å². The van der Waals surface area contributed by atoms with E-state index < -0.39 is 26.0 Å². The number of alkyl halides is 2. The molecule has 1 aliphatic heterocycles. The van der Waals surface area contributed by atoms with Crippen molar-refractivity contribution in [1.29, 1.82) is 0 Å². The van der Waals surface area contributed by atoms with Crippen LogP contribution in [0.2, 0.25) is 0 Å². The molecule has 0 radical (unpaired) electrons. The van der Waals surface area contributed by atoms with E-state index in [-0.39, 0.29) is 12.6 Å². The minimum absolute atomic E-state index is 0.287. The Kier molecular flexibility index (Phi) is 6.43. The van der Waals surface area contributed by atoms with Crippen LogP contribution in [0.3, 0.4) is 0 Å². The van der Waals surface area contributed by atoms with E-state index in [9.17, 15) is 10.2 Å². The molecule has 4 heterocycles. The number of rotatable bonds is 7. The number of benzene rings is 2. The van der Waals surface area contributed by atoms with Gasteiger partial charge in [0, 0.05) is 0 Å². The molecule has 2 atom stereocenters. The minimum atomic E-state index is -1.41. The van der Waals surface area contributed by atoms with Crippen LogP contribution < -0.4 is 5.32 Å². The molecule has 3 N–H and O–H groups in total. The fourth-order valence-corrected chi connectivity index (χ4v) is 11.4. The predicted octanol–water partition coefficient (Wildman–Crippen LogP) is 5.48. The van der Waals surface area contributed by atoms with Gasteiger partial charge >= 0.3 is 182 Å². The van der Waals surface area contributed by atoms with Crippen molar-refractivity contribution < 1.29 is 19.2 Å². The number of aliphatic hydroxyl groups is 2. The average molecular weight is 596 g/mol. The second-order valence-corrected chi connectivity index (χ2v) is 14.9. The van der Waals surface area contributed by atoms with E-state index in [1.54, 1.807) is 18.3 Å². The second-order valence-electron chi connectivity index (χ2n) is 8.59. The molecule has 0 spiro atoms. The number of hydrogen-bond acceptors (Lipinski definition) is 8. The predicted molar refractivity (Wildman–Crippen MR) is 145 cm³/mol. The van der Waals surface area contributed by atoms with Crippen molar-refractivity contribution in [3.8, 4) is 22.6 Å². The van der Waals surface area contributed by atoms with Crippen LogP contribution in [0, 0.1) is 3.57 Å². The van der Waals surface area contributed by atoms with E-state index in [0.717, 1.165) is 34.2 Å². The Morgan fingerprint density at radius 1 is 1.08 bits per heavy atom. The van der Waals surface area contributed by atoms with Gasteiger partial charge < -0.3 is 9.52 Å². The van der Waals surface area contributed by atoms with Gasteiger partial charge in [-0.25, -0.2) is 0 Å². The zero-order chi connectivity index (χ0) is 24.5. The first-order valence-corrected chi connectivity index (χ1v) is 15.6. The van der Waals surface area contributed by atoms with Gasteiger partial charge in [-0.15, -0.1) is 0 Å². The Hall–Kier alpha value is -3.28. The number of hydrogen-bond donors (Lipinski definition) is 3. The van der Waals surface area contributed by atoms with E-state index in [1.165, 1.54) is 20.7 Å². The molecule has 8 nitrogen and oxygen atoms in total. The Labute approximate surface area is 214 Å². The standard InChI is InChI=1S/C27H25IN4O4/c33-16-20-6-2-11-28(20)19-5-1-4-18(14-19)25-21-15-17(8-9-23(21)32-36-25)22-10-12-29-27(30-22)31-26(34)24-7-3-13-35-24/h1,3-5,7-10,12-15,20,26,33-34H,2,6,11,16H2,(H,29,30,31). The van der Waals surface area contributed by atoms with Crippen molar-refractivity contribution in [2.24, 2.45) is 0 Å². The molecule has 0 saturated carbocycles. The SMILES string of the molecule is OCC1CCCI1c1cccc(-c2onc3ccc(-c4ccnc(NC(O)c5ccco5)n4)cc23)c1. The van der Waals surface area contributed by atoms with Crippen LogP contribution in [0.15, 0.2) is 82.1 Å².